The molecule has 0 saturated carbocycles. The van der Waals surface area contributed by atoms with Gasteiger partial charge in [0, 0.05) is 17.8 Å². The molecule has 1 aliphatic carbocycles. The maximum atomic E-state index is 13.0. The minimum Gasteiger partial charge on any atom is -0.444 e. The summed E-state index contributed by atoms with van der Waals surface area (Å²) in [6.45, 7) is 7.81. The fraction of sp³-hybridized carbons (Fsp3) is 0.517. The zero-order valence-corrected chi connectivity index (χ0v) is 23.7. The number of carbonyl (C=O) groups is 2. The molecule has 4 atom stereocenters. The fourth-order valence-electron chi connectivity index (χ4n) is 4.20. The second kappa shape index (κ2) is 13.8. The first-order chi connectivity index (χ1) is 19.3. The molecule has 0 radical (unpaired) electrons. The van der Waals surface area contributed by atoms with Crippen LogP contribution in [0.4, 0.5) is 23.8 Å². The third kappa shape index (κ3) is 9.44. The number of hydrogen-bond acceptors (Lipinski definition) is 6. The number of pyridine rings is 1. The Hall–Kier alpha value is -3.67. The summed E-state index contributed by atoms with van der Waals surface area (Å²) in [7, 11) is 0. The van der Waals surface area contributed by atoms with Gasteiger partial charge >= 0.3 is 12.3 Å². The molecular formula is C29H38F3N5O4. The number of aliphatic hydroxyl groups is 1. The van der Waals surface area contributed by atoms with Gasteiger partial charge in [-0.05, 0) is 36.6 Å². The van der Waals surface area contributed by atoms with Crippen molar-refractivity contribution in [1.82, 2.24) is 20.1 Å². The number of unbranched alkanes of at least 4 members (excludes halogenated alkanes) is 1. The third-order valence-corrected chi connectivity index (χ3v) is 6.76. The number of allylic oxidation sites excluding steroid dienone is 4. The van der Waals surface area contributed by atoms with Crippen molar-refractivity contribution in [3.8, 4) is 0 Å². The third-order valence-electron chi connectivity index (χ3n) is 6.76. The van der Waals surface area contributed by atoms with Crippen LogP contribution in [0.3, 0.4) is 0 Å². The Morgan fingerprint density at radius 3 is 2.56 bits per heavy atom. The molecule has 2 amide bonds. The number of rotatable bonds is 11. The predicted molar refractivity (Wildman–Crippen MR) is 149 cm³/mol. The molecule has 0 spiro atoms. The summed E-state index contributed by atoms with van der Waals surface area (Å²) >= 11 is 0. The Morgan fingerprint density at radius 1 is 1.22 bits per heavy atom. The number of halogens is 3. The van der Waals surface area contributed by atoms with Crippen LogP contribution in [0.5, 0.6) is 0 Å². The van der Waals surface area contributed by atoms with Gasteiger partial charge in [-0.1, -0.05) is 64.8 Å². The molecule has 0 aliphatic heterocycles. The summed E-state index contributed by atoms with van der Waals surface area (Å²) in [5, 5.41) is 20.4. The van der Waals surface area contributed by atoms with Crippen LogP contribution in [0, 0.1) is 11.3 Å². The standard InChI is InChI=1S/C29H38F3N5O4/c1-5-6-9-22(25(38)26(39)35-24-10-7-8-16-33-24)34-27(40)41-23(28(2,3)4)18-37-17-15-21(36-37)19-11-13-20(14-12-19)29(30,31)32/h7-8,10-13,15-17,20,22-23,25,38H,5-6,9,14,18H2,1-4H3,(H,34,40)(H,33,35,39)/t20?,22-,23+,25-/m0/s1. The molecule has 0 aromatic carbocycles. The average Bonchev–Trinajstić information content (AvgIpc) is 3.38. The summed E-state index contributed by atoms with van der Waals surface area (Å²) in [6.07, 6.45) is 1.63. The van der Waals surface area contributed by atoms with E-state index in [0.29, 0.717) is 24.1 Å². The maximum absolute atomic E-state index is 13.0. The monoisotopic (exact) mass is 577 g/mol. The van der Waals surface area contributed by atoms with Crippen molar-refractivity contribution in [3.63, 3.8) is 0 Å². The molecule has 2 aromatic rings. The number of alkyl halides is 3. The van der Waals surface area contributed by atoms with E-state index in [0.717, 1.165) is 12.5 Å². The van der Waals surface area contributed by atoms with Gasteiger partial charge in [0.25, 0.3) is 5.91 Å². The van der Waals surface area contributed by atoms with Crippen LogP contribution in [0.15, 0.2) is 54.9 Å². The molecule has 1 aliphatic rings. The number of hydrogen-bond donors (Lipinski definition) is 3. The zero-order valence-electron chi connectivity index (χ0n) is 23.7. The van der Waals surface area contributed by atoms with Crippen molar-refractivity contribution < 1.29 is 32.6 Å². The van der Waals surface area contributed by atoms with E-state index in [9.17, 15) is 27.9 Å². The van der Waals surface area contributed by atoms with Crippen molar-refractivity contribution >= 4 is 23.4 Å². The van der Waals surface area contributed by atoms with E-state index < -0.39 is 47.8 Å². The molecule has 2 aromatic heterocycles. The van der Waals surface area contributed by atoms with Crippen LogP contribution >= 0.6 is 0 Å². The number of aliphatic hydroxyl groups excluding tert-OH is 1. The van der Waals surface area contributed by atoms with E-state index in [1.807, 2.05) is 27.7 Å². The van der Waals surface area contributed by atoms with Crippen LogP contribution < -0.4 is 10.6 Å². The van der Waals surface area contributed by atoms with Crippen molar-refractivity contribution in [2.24, 2.45) is 11.3 Å². The molecule has 2 heterocycles. The van der Waals surface area contributed by atoms with Gasteiger partial charge in [0.05, 0.1) is 24.2 Å². The number of aromatic nitrogens is 3. The van der Waals surface area contributed by atoms with Crippen LogP contribution in [-0.4, -0.2) is 56.3 Å². The molecule has 9 nitrogen and oxygen atoms in total. The highest BCUT2D eigenvalue weighted by atomic mass is 19.4. The fourth-order valence-corrected chi connectivity index (χ4v) is 4.20. The number of anilines is 1. The summed E-state index contributed by atoms with van der Waals surface area (Å²) < 4.78 is 46.2. The van der Waals surface area contributed by atoms with Crippen LogP contribution in [0.1, 0.15) is 59.1 Å². The van der Waals surface area contributed by atoms with E-state index in [4.69, 9.17) is 4.74 Å². The van der Waals surface area contributed by atoms with Crippen molar-refractivity contribution in [1.29, 1.82) is 0 Å². The smallest absolute Gasteiger partial charge is 0.407 e. The molecule has 3 rings (SSSR count). The normalized spacial score (nSPS) is 17.8. The number of nitrogens with one attached hydrogen (secondary N) is 2. The van der Waals surface area contributed by atoms with Gasteiger partial charge < -0.3 is 20.5 Å². The van der Waals surface area contributed by atoms with Crippen molar-refractivity contribution in [2.45, 2.75) is 84.3 Å². The molecule has 224 valence electrons. The number of nitrogens with zero attached hydrogens (tertiary/aromatic N) is 3. The first-order valence-corrected chi connectivity index (χ1v) is 13.6. The number of amides is 2. The molecule has 0 bridgehead atoms. The summed E-state index contributed by atoms with van der Waals surface area (Å²) in [5.74, 6) is -1.93. The van der Waals surface area contributed by atoms with E-state index in [-0.39, 0.29) is 18.8 Å². The minimum atomic E-state index is -4.29. The lowest BCUT2D eigenvalue weighted by Gasteiger charge is -2.31. The topological polar surface area (TPSA) is 118 Å². The molecule has 0 saturated heterocycles. The van der Waals surface area contributed by atoms with Gasteiger partial charge in [0.15, 0.2) is 6.10 Å². The number of alkyl carbamates (subject to hydrolysis) is 1. The van der Waals surface area contributed by atoms with Gasteiger partial charge in [-0.3, -0.25) is 9.48 Å². The quantitative estimate of drug-likeness (QED) is 0.325. The summed E-state index contributed by atoms with van der Waals surface area (Å²) in [4.78, 5) is 29.7. The zero-order chi connectivity index (χ0) is 30.2. The largest absolute Gasteiger partial charge is 0.444 e. The molecule has 41 heavy (non-hydrogen) atoms. The highest BCUT2D eigenvalue weighted by molar-refractivity contribution is 5.94. The minimum absolute atomic E-state index is 0.152. The van der Waals surface area contributed by atoms with E-state index in [2.05, 4.69) is 20.7 Å². The van der Waals surface area contributed by atoms with Crippen LogP contribution in [0.2, 0.25) is 0 Å². The Kier molecular flexibility index (Phi) is 10.7. The van der Waals surface area contributed by atoms with E-state index in [1.165, 1.54) is 18.3 Å². The Morgan fingerprint density at radius 2 is 1.98 bits per heavy atom. The Balaban J connectivity index is 1.65. The predicted octanol–water partition coefficient (Wildman–Crippen LogP) is 5.50. The summed E-state index contributed by atoms with van der Waals surface area (Å²) in [6, 6.07) is 5.78. The first kappa shape index (κ1) is 31.9. The Bertz CT molecular complexity index is 1220. The maximum Gasteiger partial charge on any atom is 0.407 e. The van der Waals surface area contributed by atoms with Gasteiger partial charge in [-0.15, -0.1) is 0 Å². The van der Waals surface area contributed by atoms with Crippen LogP contribution in [0.25, 0.3) is 5.57 Å². The van der Waals surface area contributed by atoms with Gasteiger partial charge in [-0.2, -0.15) is 18.3 Å². The molecular weight excluding hydrogens is 539 g/mol. The van der Waals surface area contributed by atoms with E-state index >= 15 is 0 Å². The second-order valence-corrected chi connectivity index (χ2v) is 11.1. The molecule has 12 heteroatoms. The van der Waals surface area contributed by atoms with Gasteiger partial charge in [-0.25, -0.2) is 9.78 Å². The van der Waals surface area contributed by atoms with Crippen molar-refractivity contribution in [2.75, 3.05) is 5.32 Å². The SMILES string of the molecule is CCCC[C@H](NC(=O)O[C@H](Cn1ccc(C2=CCC(C(F)(F)F)C=C2)n1)C(C)(C)C)[C@H](O)C(=O)Nc1ccccn1. The lowest BCUT2D eigenvalue weighted by Crippen LogP contribution is -2.50. The summed E-state index contributed by atoms with van der Waals surface area (Å²) in [5.41, 5.74) is 0.592. The number of carbonyl (C=O) groups excluding carboxylic acids is 2. The Labute approximate surface area is 237 Å². The lowest BCUT2D eigenvalue weighted by atomic mass is 9.89. The van der Waals surface area contributed by atoms with Crippen molar-refractivity contribution in [3.05, 3.63) is 60.6 Å². The highest BCUT2D eigenvalue weighted by Gasteiger charge is 2.38. The molecule has 3 N–H and O–H groups in total. The molecule has 0 fully saturated rings. The lowest BCUT2D eigenvalue weighted by molar-refractivity contribution is -0.160. The van der Waals surface area contributed by atoms with Gasteiger partial charge in [0.2, 0.25) is 0 Å². The number of ether oxygens (including phenoxy) is 1. The molecule has 1 unspecified atom stereocenters. The average molecular weight is 578 g/mol. The van der Waals surface area contributed by atoms with Crippen LogP contribution in [-0.2, 0) is 16.1 Å². The first-order valence-electron chi connectivity index (χ1n) is 13.6. The second-order valence-electron chi connectivity index (χ2n) is 11.1. The highest BCUT2D eigenvalue weighted by Crippen LogP contribution is 2.35. The van der Waals surface area contributed by atoms with Gasteiger partial charge in [0.1, 0.15) is 11.9 Å². The van der Waals surface area contributed by atoms with E-state index in [1.54, 1.807) is 35.1 Å².